The third-order valence-corrected chi connectivity index (χ3v) is 5.59. The first-order valence-corrected chi connectivity index (χ1v) is 11.4. The summed E-state index contributed by atoms with van der Waals surface area (Å²) in [5, 5.41) is 8.98. The van der Waals surface area contributed by atoms with Gasteiger partial charge in [0.25, 0.3) is 0 Å². The Kier molecular flexibility index (Phi) is 11.9. The summed E-state index contributed by atoms with van der Waals surface area (Å²) in [7, 11) is 0. The van der Waals surface area contributed by atoms with Gasteiger partial charge in [-0.1, -0.05) is 109 Å². The standard InChI is InChI=1S/C30H42O/c1-24(13-8-9-14-25(2)16-11-18-27(4)23-31)15-10-17-26(3)20-21-29-28(5)19-12-22-30(29,6)7/h8-11,13-18,20-21,31H,12,19,22-23H2,1-7H3/b9-8+,15-10+,16-11+,21-20+,24-13+,25-14+,26-17+,27-18+. The van der Waals surface area contributed by atoms with Crippen LogP contribution in [0.15, 0.2) is 106 Å². The van der Waals surface area contributed by atoms with E-state index in [-0.39, 0.29) is 12.0 Å². The van der Waals surface area contributed by atoms with E-state index in [1.165, 1.54) is 41.6 Å². The summed E-state index contributed by atoms with van der Waals surface area (Å²) in [6.07, 6.45) is 29.0. The van der Waals surface area contributed by atoms with Crippen LogP contribution in [0.5, 0.6) is 0 Å². The first-order chi connectivity index (χ1) is 14.7. The highest BCUT2D eigenvalue weighted by Gasteiger charge is 2.26. The summed E-state index contributed by atoms with van der Waals surface area (Å²) in [5.41, 5.74) is 7.92. The zero-order chi connectivity index (χ0) is 23.3. The Bertz CT molecular complexity index is 858. The highest BCUT2D eigenvalue weighted by Crippen LogP contribution is 2.40. The third-order valence-electron chi connectivity index (χ3n) is 5.59. The van der Waals surface area contributed by atoms with Crippen LogP contribution in [0.4, 0.5) is 0 Å². The molecule has 31 heavy (non-hydrogen) atoms. The summed E-state index contributed by atoms with van der Waals surface area (Å²) >= 11 is 0. The minimum absolute atomic E-state index is 0.103. The fourth-order valence-electron chi connectivity index (χ4n) is 3.58. The molecule has 0 aromatic rings. The van der Waals surface area contributed by atoms with Gasteiger partial charge in [-0.2, -0.15) is 0 Å². The molecule has 1 heteroatoms. The van der Waals surface area contributed by atoms with Gasteiger partial charge >= 0.3 is 0 Å². The maximum absolute atomic E-state index is 8.98. The number of hydrogen-bond acceptors (Lipinski definition) is 1. The second kappa shape index (κ2) is 13.8. The fraction of sp³-hybridized carbons (Fsp3) is 0.400. The predicted molar refractivity (Wildman–Crippen MR) is 139 cm³/mol. The van der Waals surface area contributed by atoms with Crippen LogP contribution in [0.3, 0.4) is 0 Å². The lowest BCUT2D eigenvalue weighted by Crippen LogP contribution is -2.19. The van der Waals surface area contributed by atoms with Crippen molar-refractivity contribution in [2.24, 2.45) is 5.41 Å². The molecule has 0 bridgehead atoms. The van der Waals surface area contributed by atoms with Crippen molar-refractivity contribution in [2.45, 2.75) is 67.7 Å². The van der Waals surface area contributed by atoms with E-state index >= 15 is 0 Å². The third kappa shape index (κ3) is 11.0. The smallest absolute Gasteiger partial charge is 0.0642 e. The first-order valence-electron chi connectivity index (χ1n) is 11.4. The van der Waals surface area contributed by atoms with Crippen LogP contribution in [-0.2, 0) is 0 Å². The lowest BCUT2D eigenvalue weighted by atomic mass is 9.72. The van der Waals surface area contributed by atoms with Gasteiger partial charge in [-0.3, -0.25) is 0 Å². The van der Waals surface area contributed by atoms with Crippen LogP contribution < -0.4 is 0 Å². The van der Waals surface area contributed by atoms with Gasteiger partial charge in [0.05, 0.1) is 6.61 Å². The zero-order valence-corrected chi connectivity index (χ0v) is 20.7. The number of hydrogen-bond donors (Lipinski definition) is 1. The van der Waals surface area contributed by atoms with Gasteiger partial charge in [-0.05, 0) is 70.4 Å². The van der Waals surface area contributed by atoms with Gasteiger partial charge < -0.3 is 5.11 Å². The SMILES string of the molecule is CC1=C(/C=C/C(C)=C/C=C/C(C)=C/C=C/C=C(C)/C=C/C=C(\C)CO)C(C)(C)CCC1. The molecule has 1 aliphatic rings. The topological polar surface area (TPSA) is 20.2 Å². The summed E-state index contributed by atoms with van der Waals surface area (Å²) in [6, 6.07) is 0. The van der Waals surface area contributed by atoms with Crippen LogP contribution in [0, 0.1) is 5.41 Å². The zero-order valence-electron chi connectivity index (χ0n) is 20.7. The summed E-state index contributed by atoms with van der Waals surface area (Å²) in [5.74, 6) is 0. The minimum Gasteiger partial charge on any atom is -0.392 e. The molecule has 168 valence electrons. The van der Waals surface area contributed by atoms with Crippen molar-refractivity contribution >= 4 is 0 Å². The van der Waals surface area contributed by atoms with Crippen LogP contribution in [0.25, 0.3) is 0 Å². The molecule has 0 unspecified atom stereocenters. The van der Waals surface area contributed by atoms with Crippen molar-refractivity contribution in [3.05, 3.63) is 106 Å². The molecule has 0 amide bonds. The highest BCUT2D eigenvalue weighted by atomic mass is 16.3. The van der Waals surface area contributed by atoms with E-state index in [9.17, 15) is 0 Å². The van der Waals surface area contributed by atoms with E-state index in [1.54, 1.807) is 0 Å². The van der Waals surface area contributed by atoms with E-state index in [1.807, 2.05) is 31.2 Å². The van der Waals surface area contributed by atoms with Crippen LogP contribution >= 0.6 is 0 Å². The highest BCUT2D eigenvalue weighted by molar-refractivity contribution is 5.37. The van der Waals surface area contributed by atoms with Crippen molar-refractivity contribution < 1.29 is 5.11 Å². The van der Waals surface area contributed by atoms with E-state index in [0.717, 1.165) is 11.1 Å². The molecule has 0 aromatic carbocycles. The number of rotatable bonds is 9. The molecular formula is C30H42O. The van der Waals surface area contributed by atoms with Crippen molar-refractivity contribution in [1.29, 1.82) is 0 Å². The molecule has 0 aromatic heterocycles. The van der Waals surface area contributed by atoms with E-state index < -0.39 is 0 Å². The van der Waals surface area contributed by atoms with Crippen molar-refractivity contribution in [3.63, 3.8) is 0 Å². The average Bonchev–Trinajstić information content (AvgIpc) is 2.70. The number of aliphatic hydroxyl groups excluding tert-OH is 1. The Morgan fingerprint density at radius 3 is 1.87 bits per heavy atom. The lowest BCUT2D eigenvalue weighted by Gasteiger charge is -2.32. The molecule has 1 rings (SSSR count). The number of allylic oxidation sites excluding steroid dienone is 17. The summed E-state index contributed by atoms with van der Waals surface area (Å²) in [4.78, 5) is 0. The van der Waals surface area contributed by atoms with Gasteiger partial charge in [-0.25, -0.2) is 0 Å². The molecule has 1 nitrogen and oxygen atoms in total. The molecule has 1 N–H and O–H groups in total. The van der Waals surface area contributed by atoms with Gasteiger partial charge in [0.1, 0.15) is 0 Å². The van der Waals surface area contributed by atoms with E-state index in [0.29, 0.717) is 0 Å². The molecule has 1 aliphatic carbocycles. The molecule has 0 heterocycles. The Hall–Kier alpha value is -2.38. The fourth-order valence-corrected chi connectivity index (χ4v) is 3.58. The van der Waals surface area contributed by atoms with E-state index in [4.69, 9.17) is 5.11 Å². The van der Waals surface area contributed by atoms with Crippen LogP contribution in [0.1, 0.15) is 67.7 Å². The molecular weight excluding hydrogens is 376 g/mol. The Morgan fingerprint density at radius 1 is 0.806 bits per heavy atom. The molecule has 0 spiro atoms. The van der Waals surface area contributed by atoms with Gasteiger partial charge in [0, 0.05) is 0 Å². The number of aliphatic hydroxyl groups is 1. The van der Waals surface area contributed by atoms with Gasteiger partial charge in [0.2, 0.25) is 0 Å². The van der Waals surface area contributed by atoms with Gasteiger partial charge in [0.15, 0.2) is 0 Å². The predicted octanol–water partition coefficient (Wildman–Crippen LogP) is 8.52. The Morgan fingerprint density at radius 2 is 1.32 bits per heavy atom. The molecule has 0 saturated heterocycles. The molecule has 0 aliphatic heterocycles. The summed E-state index contributed by atoms with van der Waals surface area (Å²) < 4.78 is 0. The molecule has 0 atom stereocenters. The second-order valence-electron chi connectivity index (χ2n) is 9.27. The van der Waals surface area contributed by atoms with E-state index in [2.05, 4.69) is 90.2 Å². The quantitative estimate of drug-likeness (QED) is 0.372. The normalized spacial score (nSPS) is 19.7. The molecule has 0 saturated carbocycles. The van der Waals surface area contributed by atoms with Crippen molar-refractivity contribution in [2.75, 3.05) is 6.61 Å². The maximum Gasteiger partial charge on any atom is 0.0642 e. The largest absolute Gasteiger partial charge is 0.392 e. The maximum atomic E-state index is 8.98. The molecule has 0 radical (unpaired) electrons. The van der Waals surface area contributed by atoms with Crippen LogP contribution in [0.2, 0.25) is 0 Å². The van der Waals surface area contributed by atoms with Crippen molar-refractivity contribution in [3.8, 4) is 0 Å². The molecule has 0 fully saturated rings. The monoisotopic (exact) mass is 418 g/mol. The summed E-state index contributed by atoms with van der Waals surface area (Å²) in [6.45, 7) is 15.3. The average molecular weight is 419 g/mol. The first kappa shape index (κ1) is 26.7. The van der Waals surface area contributed by atoms with Crippen LogP contribution in [-0.4, -0.2) is 11.7 Å². The Balaban J connectivity index is 2.64. The Labute approximate surface area is 191 Å². The van der Waals surface area contributed by atoms with Gasteiger partial charge in [-0.15, -0.1) is 0 Å². The second-order valence-corrected chi connectivity index (χ2v) is 9.27. The minimum atomic E-state index is 0.103. The lowest BCUT2D eigenvalue weighted by molar-refractivity contribution is 0.331. The van der Waals surface area contributed by atoms with Crippen molar-refractivity contribution in [1.82, 2.24) is 0 Å².